The van der Waals surface area contributed by atoms with Crippen LogP contribution in [0.4, 0.5) is 26.3 Å². The minimum atomic E-state index is -4.49. The molecule has 0 saturated heterocycles. The van der Waals surface area contributed by atoms with Gasteiger partial charge in [-0.15, -0.1) is 11.6 Å². The second-order valence-corrected chi connectivity index (χ2v) is 17.5. The molecule has 0 atom stereocenters. The van der Waals surface area contributed by atoms with Crippen molar-refractivity contribution in [1.29, 1.82) is 0 Å². The second kappa shape index (κ2) is 16.5. The van der Waals surface area contributed by atoms with Crippen LogP contribution < -0.4 is 24.8 Å². The molecule has 0 fully saturated rings. The van der Waals surface area contributed by atoms with Crippen LogP contribution in [0.5, 0.6) is 0 Å². The van der Waals surface area contributed by atoms with E-state index in [4.69, 9.17) is 0 Å². The number of benzene rings is 4. The zero-order valence-corrected chi connectivity index (χ0v) is 36.2. The zero-order chi connectivity index (χ0) is 39.4. The number of fused-ring (bicyclic) bond motifs is 5. The summed E-state index contributed by atoms with van der Waals surface area (Å²) in [5, 5.41) is 0. The number of alkyl halides is 6. The molecule has 56 heavy (non-hydrogen) atoms. The van der Waals surface area contributed by atoms with Crippen molar-refractivity contribution in [2.24, 2.45) is 0 Å². The molecule has 0 spiro atoms. The Bertz CT molecular complexity index is 2140. The summed E-state index contributed by atoms with van der Waals surface area (Å²) in [6, 6.07) is 27.3. The van der Waals surface area contributed by atoms with Gasteiger partial charge >= 0.3 is 137 Å². The van der Waals surface area contributed by atoms with E-state index in [0.29, 0.717) is 8.62 Å². The summed E-state index contributed by atoms with van der Waals surface area (Å²) in [6.45, 7) is 15.8. The predicted octanol–water partition coefficient (Wildman–Crippen LogP) is 7.22. The number of hydrogen-bond acceptors (Lipinski definition) is 0. The van der Waals surface area contributed by atoms with Gasteiger partial charge in [-0.25, -0.2) is 12.1 Å². The molecule has 3 aliphatic rings. The maximum absolute atomic E-state index is 12.7. The van der Waals surface area contributed by atoms with E-state index in [1.54, 1.807) is 0 Å². The van der Waals surface area contributed by atoms with Crippen LogP contribution in [0.2, 0.25) is 0 Å². The van der Waals surface area contributed by atoms with Crippen molar-refractivity contribution >= 4 is 15.4 Å². The molecule has 0 heterocycles. The number of allylic oxidation sites excluding steroid dienone is 2. The van der Waals surface area contributed by atoms with Gasteiger partial charge in [0.1, 0.15) is 0 Å². The van der Waals surface area contributed by atoms with Crippen LogP contribution in [0, 0.1) is 6.08 Å². The van der Waals surface area contributed by atoms with Crippen molar-refractivity contribution < 1.29 is 75.4 Å². The largest absolute Gasteiger partial charge is 1.00 e. The summed E-state index contributed by atoms with van der Waals surface area (Å²) in [5.74, 6) is 0. The van der Waals surface area contributed by atoms with Crippen LogP contribution >= 0.6 is 0 Å². The van der Waals surface area contributed by atoms with Crippen LogP contribution in [-0.4, -0.2) is 3.21 Å². The van der Waals surface area contributed by atoms with E-state index < -0.39 is 23.5 Å². The van der Waals surface area contributed by atoms with Crippen LogP contribution in [0.15, 0.2) is 103 Å². The van der Waals surface area contributed by atoms with Gasteiger partial charge in [0.05, 0.1) is 0 Å². The van der Waals surface area contributed by atoms with Gasteiger partial charge in [0.25, 0.3) is 0 Å². The third kappa shape index (κ3) is 9.66. The minimum Gasteiger partial charge on any atom is -1.00 e. The van der Waals surface area contributed by atoms with Gasteiger partial charge in [-0.2, -0.15) is 29.3 Å². The standard InChI is InChI=1S/C23H21.C15H8F6.C9H13.2ClH.Zr/c1-22(2)7-5-14-10-18-16(12-20(14)22)9-17-13-21-15(11-19(17)18)6-8-23(21,3)4;16-14(17,18)12-5-1-3-10(8-12)7-11-4-2-6-13(9-11)15(19,20)21;1-9(2,3)8-6-4-5-7-8;;;/h5-7,10-13H,9H2,1-4H3;1-6,8-9H;4-7H,1-3H3;2*1H;/q-1;;-1;;;+2/p-2. The number of rotatable bonds is 2. The van der Waals surface area contributed by atoms with E-state index in [2.05, 4.69) is 121 Å². The summed E-state index contributed by atoms with van der Waals surface area (Å²) in [7, 11) is 0. The molecule has 0 unspecified atom stereocenters. The summed E-state index contributed by atoms with van der Waals surface area (Å²) < 4.78 is 76.7. The quantitative estimate of drug-likeness (QED) is 0.128. The van der Waals surface area contributed by atoms with Gasteiger partial charge in [-0.1, -0.05) is 83.6 Å². The molecule has 0 amide bonds. The van der Waals surface area contributed by atoms with Gasteiger partial charge < -0.3 is 24.8 Å². The van der Waals surface area contributed by atoms with Crippen LogP contribution in [0.1, 0.15) is 110 Å². The van der Waals surface area contributed by atoms with Crippen molar-refractivity contribution in [3.8, 4) is 11.1 Å². The fourth-order valence-corrected chi connectivity index (χ4v) is 7.91. The Morgan fingerprint density at radius 1 is 0.679 bits per heavy atom. The van der Waals surface area contributed by atoms with Crippen LogP contribution in [0.3, 0.4) is 0 Å². The third-order valence-corrected chi connectivity index (χ3v) is 11.8. The van der Waals surface area contributed by atoms with Crippen molar-refractivity contribution in [1.82, 2.24) is 0 Å². The Morgan fingerprint density at radius 3 is 1.66 bits per heavy atom. The number of halogens is 8. The first-order chi connectivity index (χ1) is 25.0. The molecule has 5 aromatic carbocycles. The smallest absolute Gasteiger partial charge is 1.00 e. The molecule has 0 aliphatic heterocycles. The van der Waals surface area contributed by atoms with E-state index in [1.807, 2.05) is 0 Å². The Labute approximate surface area is 353 Å². The molecule has 0 N–H and O–H groups in total. The maximum atomic E-state index is 12.7. The van der Waals surface area contributed by atoms with Crippen LogP contribution in [-0.2, 0) is 59.3 Å². The molecule has 0 bridgehead atoms. The molecule has 8 rings (SSSR count). The Kier molecular flexibility index (Phi) is 13.3. The van der Waals surface area contributed by atoms with Crippen molar-refractivity contribution in [2.45, 2.75) is 83.5 Å². The SMILES string of the molecule is CC(C)(C)c1cc[cH-]c1.CC1(C)[C-]=Cc2cc3c(cc21)Cc1cc2c(cc1-3)C=CC2(C)C.FC(F)(F)c1cccc([C](=[Zr+2])c2cccc(C(F)(F)F)c2)c1.[Cl-].[Cl-]. The van der Waals surface area contributed by atoms with Crippen molar-refractivity contribution in [3.63, 3.8) is 0 Å². The first kappa shape index (κ1) is 45.3. The van der Waals surface area contributed by atoms with Gasteiger partial charge in [0.15, 0.2) is 0 Å². The average Bonchev–Trinajstić information content (AvgIpc) is 3.88. The summed E-state index contributed by atoms with van der Waals surface area (Å²) in [5.41, 5.74) is 12.3. The summed E-state index contributed by atoms with van der Waals surface area (Å²) in [4.78, 5) is 0. The molecule has 9 heteroatoms. The molecule has 3 aliphatic carbocycles. The van der Waals surface area contributed by atoms with E-state index in [1.165, 1.54) is 74.3 Å². The molecule has 0 radical (unpaired) electrons. The monoisotopic (exact) mass is 880 g/mol. The first-order valence-corrected chi connectivity index (χ1v) is 19.1. The Balaban J connectivity index is 0.000000199. The number of hydrogen-bond donors (Lipinski definition) is 0. The Morgan fingerprint density at radius 2 is 1.20 bits per heavy atom. The second-order valence-electron chi connectivity index (χ2n) is 16.3. The first-order valence-electron chi connectivity index (χ1n) is 17.9. The van der Waals surface area contributed by atoms with Crippen molar-refractivity contribution in [2.75, 3.05) is 0 Å². The normalized spacial score (nSPS) is 15.1. The van der Waals surface area contributed by atoms with E-state index >= 15 is 0 Å². The maximum Gasteiger partial charge on any atom is -1.00 e. The van der Waals surface area contributed by atoms with E-state index in [-0.39, 0.29) is 46.8 Å². The topological polar surface area (TPSA) is 0 Å². The fourth-order valence-electron chi connectivity index (χ4n) is 7.14. The van der Waals surface area contributed by atoms with E-state index in [0.717, 1.165) is 54.9 Å². The molecule has 0 saturated carbocycles. The Hall–Kier alpha value is -3.38. The molecule has 292 valence electrons. The van der Waals surface area contributed by atoms with Gasteiger partial charge in [-0.3, -0.25) is 6.08 Å². The van der Waals surface area contributed by atoms with Gasteiger partial charge in [0.2, 0.25) is 0 Å². The van der Waals surface area contributed by atoms with Gasteiger partial charge in [0, 0.05) is 5.41 Å². The van der Waals surface area contributed by atoms with Crippen LogP contribution in [0.25, 0.3) is 23.3 Å². The third-order valence-electron chi connectivity index (χ3n) is 10.3. The molecular weight excluding hydrogens is 841 g/mol. The average molecular weight is 883 g/mol. The zero-order valence-electron chi connectivity index (χ0n) is 32.2. The molecule has 0 nitrogen and oxygen atoms in total. The molecular formula is C47H42Cl2F6Zr-2. The summed E-state index contributed by atoms with van der Waals surface area (Å²) >= 11 is 0.729. The van der Waals surface area contributed by atoms with Gasteiger partial charge in [-0.05, 0) is 45.9 Å². The minimum absolute atomic E-state index is 0. The van der Waals surface area contributed by atoms with Crippen molar-refractivity contribution in [3.05, 3.63) is 170 Å². The predicted molar refractivity (Wildman–Crippen MR) is 204 cm³/mol. The van der Waals surface area contributed by atoms with E-state index in [9.17, 15) is 26.3 Å². The molecule has 5 aromatic rings. The molecule has 0 aromatic heterocycles. The summed E-state index contributed by atoms with van der Waals surface area (Å²) in [6.07, 6.45) is 2.39. The fraction of sp³-hybridized carbons (Fsp3) is 0.277.